The fourth-order valence-electron chi connectivity index (χ4n) is 1.93. The number of sulfonamides is 1. The van der Waals surface area contributed by atoms with Gasteiger partial charge in [-0.2, -0.15) is 0 Å². The van der Waals surface area contributed by atoms with Crippen LogP contribution in [0, 0.1) is 6.92 Å². The molecule has 2 aromatic rings. The minimum atomic E-state index is -3.70. The van der Waals surface area contributed by atoms with Crippen LogP contribution in [0.4, 0.5) is 5.69 Å². The van der Waals surface area contributed by atoms with E-state index in [4.69, 9.17) is 0 Å². The summed E-state index contributed by atoms with van der Waals surface area (Å²) < 4.78 is 27.2. The second-order valence-electron chi connectivity index (χ2n) is 5.10. The van der Waals surface area contributed by atoms with E-state index in [1.807, 2.05) is 19.1 Å². The Bertz CT molecular complexity index is 862. The number of carbonyl (C=O) groups is 1. The van der Waals surface area contributed by atoms with Crippen LogP contribution in [0.1, 0.15) is 15.9 Å². The van der Waals surface area contributed by atoms with Gasteiger partial charge in [-0.3, -0.25) is 4.79 Å². The molecule has 5 nitrogen and oxygen atoms in total. The van der Waals surface area contributed by atoms with Gasteiger partial charge in [0, 0.05) is 16.7 Å². The Hall–Kier alpha value is -1.96. The van der Waals surface area contributed by atoms with E-state index in [0.29, 0.717) is 10.2 Å². The van der Waals surface area contributed by atoms with Crippen LogP contribution in [0.15, 0.2) is 64.5 Å². The van der Waals surface area contributed by atoms with Crippen molar-refractivity contribution in [1.29, 1.82) is 0 Å². The Kier molecular flexibility index (Phi) is 5.93. The summed E-state index contributed by atoms with van der Waals surface area (Å²) in [5.74, 6) is -0.397. The molecule has 2 N–H and O–H groups in total. The molecule has 0 aliphatic carbocycles. The standard InChI is InChI=1S/C17H17BrN2O3S/c1-3-10-19-24(22,23)14-8-9-16(18)15(11-14)17(21)20-13-6-4-12(2)5-7-13/h3-9,11,19H,1,10H2,2H3,(H,20,21). The summed E-state index contributed by atoms with van der Waals surface area (Å²) in [6.07, 6.45) is 1.45. The number of aryl methyl sites for hydroxylation is 1. The number of nitrogens with one attached hydrogen (secondary N) is 2. The molecule has 24 heavy (non-hydrogen) atoms. The molecule has 2 aromatic carbocycles. The predicted molar refractivity (Wildman–Crippen MR) is 98.7 cm³/mol. The number of hydrogen-bond acceptors (Lipinski definition) is 3. The molecular formula is C17H17BrN2O3S. The van der Waals surface area contributed by atoms with Crippen molar-refractivity contribution < 1.29 is 13.2 Å². The lowest BCUT2D eigenvalue weighted by molar-refractivity contribution is 0.102. The molecule has 0 saturated carbocycles. The normalized spacial score (nSPS) is 11.1. The zero-order valence-corrected chi connectivity index (χ0v) is 15.4. The molecule has 0 radical (unpaired) electrons. The number of benzene rings is 2. The van der Waals surface area contributed by atoms with E-state index in [-0.39, 0.29) is 17.0 Å². The summed E-state index contributed by atoms with van der Waals surface area (Å²) in [5.41, 5.74) is 1.95. The number of rotatable bonds is 6. The highest BCUT2D eigenvalue weighted by molar-refractivity contribution is 9.10. The van der Waals surface area contributed by atoms with E-state index in [9.17, 15) is 13.2 Å². The maximum Gasteiger partial charge on any atom is 0.256 e. The molecule has 2 rings (SSSR count). The van der Waals surface area contributed by atoms with Crippen molar-refractivity contribution in [3.05, 3.63) is 70.7 Å². The maximum atomic E-state index is 12.4. The molecule has 0 heterocycles. The van der Waals surface area contributed by atoms with Gasteiger partial charge in [0.1, 0.15) is 0 Å². The second-order valence-corrected chi connectivity index (χ2v) is 7.72. The largest absolute Gasteiger partial charge is 0.322 e. The first-order valence-corrected chi connectivity index (χ1v) is 9.39. The lowest BCUT2D eigenvalue weighted by Crippen LogP contribution is -2.24. The molecule has 126 valence electrons. The molecule has 0 atom stereocenters. The molecule has 0 aromatic heterocycles. The smallest absolute Gasteiger partial charge is 0.256 e. The van der Waals surface area contributed by atoms with Crippen molar-refractivity contribution in [3.8, 4) is 0 Å². The molecule has 7 heteroatoms. The van der Waals surface area contributed by atoms with Gasteiger partial charge in [-0.25, -0.2) is 13.1 Å². The van der Waals surface area contributed by atoms with E-state index in [1.54, 1.807) is 12.1 Å². The molecule has 0 aliphatic rings. The minimum Gasteiger partial charge on any atom is -0.322 e. The number of carbonyl (C=O) groups excluding carboxylic acids is 1. The topological polar surface area (TPSA) is 75.3 Å². The Morgan fingerprint density at radius 1 is 1.21 bits per heavy atom. The highest BCUT2D eigenvalue weighted by atomic mass is 79.9. The minimum absolute atomic E-state index is 0.0154. The van der Waals surface area contributed by atoms with Gasteiger partial charge in [0.2, 0.25) is 10.0 Å². The van der Waals surface area contributed by atoms with Crippen LogP contribution in [0.5, 0.6) is 0 Å². The van der Waals surface area contributed by atoms with Crippen molar-refractivity contribution in [1.82, 2.24) is 4.72 Å². The van der Waals surface area contributed by atoms with Gasteiger partial charge >= 0.3 is 0 Å². The summed E-state index contributed by atoms with van der Waals surface area (Å²) in [6, 6.07) is 11.6. The maximum absolute atomic E-state index is 12.4. The fraction of sp³-hybridized carbons (Fsp3) is 0.118. The fourth-order valence-corrected chi connectivity index (χ4v) is 3.38. The average Bonchev–Trinajstić information content (AvgIpc) is 2.55. The molecule has 0 bridgehead atoms. The lowest BCUT2D eigenvalue weighted by atomic mass is 10.2. The predicted octanol–water partition coefficient (Wildman–Crippen LogP) is 3.47. The summed E-state index contributed by atoms with van der Waals surface area (Å²) >= 11 is 3.28. The number of halogens is 1. The van der Waals surface area contributed by atoms with Gasteiger partial charge in [0.05, 0.1) is 10.5 Å². The Balaban J connectivity index is 2.29. The molecule has 1 amide bonds. The van der Waals surface area contributed by atoms with Gasteiger partial charge in [-0.1, -0.05) is 23.8 Å². The van der Waals surface area contributed by atoms with Gasteiger partial charge in [0.15, 0.2) is 0 Å². The van der Waals surface area contributed by atoms with Crippen LogP contribution in [-0.2, 0) is 10.0 Å². The van der Waals surface area contributed by atoms with Crippen LogP contribution < -0.4 is 10.0 Å². The molecule has 0 fully saturated rings. The van der Waals surface area contributed by atoms with Crippen molar-refractivity contribution >= 4 is 37.5 Å². The molecule has 0 spiro atoms. The van der Waals surface area contributed by atoms with Crippen molar-refractivity contribution in [2.45, 2.75) is 11.8 Å². The van der Waals surface area contributed by atoms with Gasteiger partial charge in [-0.05, 0) is 53.2 Å². The van der Waals surface area contributed by atoms with Crippen molar-refractivity contribution in [3.63, 3.8) is 0 Å². The Morgan fingerprint density at radius 3 is 2.50 bits per heavy atom. The number of hydrogen-bond donors (Lipinski definition) is 2. The van der Waals surface area contributed by atoms with Gasteiger partial charge in [-0.15, -0.1) is 6.58 Å². The van der Waals surface area contributed by atoms with Crippen molar-refractivity contribution in [2.75, 3.05) is 11.9 Å². The SMILES string of the molecule is C=CCNS(=O)(=O)c1ccc(Br)c(C(=O)Nc2ccc(C)cc2)c1. The summed E-state index contributed by atoms with van der Waals surface area (Å²) in [4.78, 5) is 12.5. The third-order valence-corrected chi connectivity index (χ3v) is 5.33. The van der Waals surface area contributed by atoms with E-state index < -0.39 is 15.9 Å². The van der Waals surface area contributed by atoms with Gasteiger partial charge < -0.3 is 5.32 Å². The quantitative estimate of drug-likeness (QED) is 0.718. The van der Waals surface area contributed by atoms with Gasteiger partial charge in [0.25, 0.3) is 5.91 Å². The Morgan fingerprint density at radius 2 is 1.88 bits per heavy atom. The summed E-state index contributed by atoms with van der Waals surface area (Å²) in [7, 11) is -3.70. The number of anilines is 1. The highest BCUT2D eigenvalue weighted by Gasteiger charge is 2.18. The van der Waals surface area contributed by atoms with Crippen LogP contribution in [0.2, 0.25) is 0 Å². The zero-order chi connectivity index (χ0) is 17.7. The van der Waals surface area contributed by atoms with Crippen LogP contribution in [-0.4, -0.2) is 20.9 Å². The molecular weight excluding hydrogens is 392 g/mol. The third kappa shape index (κ3) is 4.53. The first-order valence-electron chi connectivity index (χ1n) is 7.11. The zero-order valence-electron chi connectivity index (χ0n) is 13.0. The molecule has 0 saturated heterocycles. The van der Waals surface area contributed by atoms with E-state index in [2.05, 4.69) is 32.5 Å². The second kappa shape index (κ2) is 7.74. The summed E-state index contributed by atoms with van der Waals surface area (Å²) in [5, 5.41) is 2.75. The average molecular weight is 409 g/mol. The Labute approximate surface area is 150 Å². The van der Waals surface area contributed by atoms with E-state index >= 15 is 0 Å². The highest BCUT2D eigenvalue weighted by Crippen LogP contribution is 2.22. The van der Waals surface area contributed by atoms with Crippen LogP contribution >= 0.6 is 15.9 Å². The third-order valence-electron chi connectivity index (χ3n) is 3.22. The first-order chi connectivity index (χ1) is 11.3. The van der Waals surface area contributed by atoms with E-state index in [0.717, 1.165) is 5.56 Å². The molecule has 0 aliphatic heterocycles. The van der Waals surface area contributed by atoms with Crippen LogP contribution in [0.25, 0.3) is 0 Å². The molecule has 0 unspecified atom stereocenters. The lowest BCUT2D eigenvalue weighted by Gasteiger charge is -2.10. The van der Waals surface area contributed by atoms with Crippen LogP contribution in [0.3, 0.4) is 0 Å². The first kappa shape index (κ1) is 18.4. The summed E-state index contributed by atoms with van der Waals surface area (Å²) in [6.45, 7) is 5.54. The van der Waals surface area contributed by atoms with E-state index in [1.165, 1.54) is 24.3 Å². The monoisotopic (exact) mass is 408 g/mol. The van der Waals surface area contributed by atoms with Crippen molar-refractivity contribution in [2.24, 2.45) is 0 Å². The number of amides is 1.